The number of amidine groups is 1. The Balaban J connectivity index is 1.90. The number of nitrogens with zero attached hydrogens (tertiary/aromatic N) is 1. The number of thioether (sulfide) groups is 1. The van der Waals surface area contributed by atoms with E-state index in [1.807, 2.05) is 11.8 Å². The molecule has 0 aromatic heterocycles. The lowest BCUT2D eigenvalue weighted by atomic mass is 9.78. The first-order chi connectivity index (χ1) is 9.67. The zero-order chi connectivity index (χ0) is 14.4. The second-order valence-corrected chi connectivity index (χ2v) is 7.86. The van der Waals surface area contributed by atoms with E-state index >= 15 is 0 Å². The van der Waals surface area contributed by atoms with Gasteiger partial charge in [0.1, 0.15) is 0 Å². The number of aliphatic imine (C=N–C) groups is 1. The predicted octanol–water partition coefficient (Wildman–Crippen LogP) is 4.99. The largest absolute Gasteiger partial charge is 0.359 e. The molecule has 3 heteroatoms. The Hall–Kier alpha value is -0.180. The minimum absolute atomic E-state index is 0.386. The number of hydrogen-bond acceptors (Lipinski definition) is 2. The highest BCUT2D eigenvalue weighted by Crippen LogP contribution is 2.38. The molecular formula is C17H32N2S. The summed E-state index contributed by atoms with van der Waals surface area (Å²) in [5.74, 6) is 2.16. The van der Waals surface area contributed by atoms with Crippen LogP contribution in [0, 0.1) is 5.92 Å². The highest BCUT2D eigenvalue weighted by atomic mass is 32.2. The highest BCUT2D eigenvalue weighted by molar-refractivity contribution is 8.14. The molecule has 1 aliphatic heterocycles. The van der Waals surface area contributed by atoms with Crippen LogP contribution in [0.5, 0.6) is 0 Å². The zero-order valence-electron chi connectivity index (χ0n) is 13.6. The van der Waals surface area contributed by atoms with Crippen LogP contribution in [0.3, 0.4) is 0 Å². The molecule has 1 aliphatic carbocycles. The number of unbranched alkanes of at least 4 members (excludes halogenated alkanes) is 1. The quantitative estimate of drug-likeness (QED) is 0.747. The lowest BCUT2D eigenvalue weighted by Gasteiger charge is -2.35. The number of hydrogen-bond donors (Lipinski definition) is 1. The minimum atomic E-state index is 0.386. The zero-order valence-corrected chi connectivity index (χ0v) is 14.4. The van der Waals surface area contributed by atoms with Gasteiger partial charge < -0.3 is 5.32 Å². The average Bonchev–Trinajstić information content (AvgIpc) is 2.83. The lowest BCUT2D eigenvalue weighted by molar-refractivity contribution is 0.250. The van der Waals surface area contributed by atoms with Crippen molar-refractivity contribution in [3.05, 3.63) is 0 Å². The first-order valence-electron chi connectivity index (χ1n) is 8.66. The fraction of sp³-hybridized carbons (Fsp3) is 0.941. The van der Waals surface area contributed by atoms with E-state index in [0.29, 0.717) is 11.6 Å². The first kappa shape index (κ1) is 16.2. The normalized spacial score (nSPS) is 33.5. The van der Waals surface area contributed by atoms with Crippen LogP contribution >= 0.6 is 11.8 Å². The SMILES string of the molecule is CCCCC(CCC)N=C1NC2(CCC(C)CC2)CS1. The van der Waals surface area contributed by atoms with Gasteiger partial charge in [-0.15, -0.1) is 0 Å². The molecule has 116 valence electrons. The molecule has 1 unspecified atom stereocenters. The first-order valence-corrected chi connectivity index (χ1v) is 9.65. The van der Waals surface area contributed by atoms with E-state index in [9.17, 15) is 0 Å². The highest BCUT2D eigenvalue weighted by Gasteiger charge is 2.39. The molecule has 0 amide bonds. The number of rotatable bonds is 6. The van der Waals surface area contributed by atoms with Gasteiger partial charge in [0.2, 0.25) is 0 Å². The number of nitrogens with one attached hydrogen (secondary N) is 1. The van der Waals surface area contributed by atoms with E-state index < -0.39 is 0 Å². The van der Waals surface area contributed by atoms with Crippen LogP contribution in [-0.2, 0) is 0 Å². The van der Waals surface area contributed by atoms with Crippen LogP contribution in [0.1, 0.15) is 78.6 Å². The molecule has 1 N–H and O–H groups in total. The van der Waals surface area contributed by atoms with Gasteiger partial charge in [0, 0.05) is 11.3 Å². The Kier molecular flexibility index (Phi) is 6.25. The third-order valence-electron chi connectivity index (χ3n) is 4.90. The van der Waals surface area contributed by atoms with Gasteiger partial charge in [-0.05, 0) is 44.4 Å². The van der Waals surface area contributed by atoms with Crippen molar-refractivity contribution >= 4 is 16.9 Å². The third kappa shape index (κ3) is 4.41. The molecule has 0 radical (unpaired) electrons. The molecule has 2 rings (SSSR count). The maximum absolute atomic E-state index is 5.04. The summed E-state index contributed by atoms with van der Waals surface area (Å²) < 4.78 is 0. The van der Waals surface area contributed by atoms with Crippen molar-refractivity contribution in [3.8, 4) is 0 Å². The van der Waals surface area contributed by atoms with Crippen LogP contribution in [0.15, 0.2) is 4.99 Å². The molecule has 0 bridgehead atoms. The smallest absolute Gasteiger partial charge is 0.157 e. The maximum atomic E-state index is 5.04. The Morgan fingerprint density at radius 3 is 2.65 bits per heavy atom. The van der Waals surface area contributed by atoms with Crippen LogP contribution in [0.25, 0.3) is 0 Å². The van der Waals surface area contributed by atoms with E-state index in [-0.39, 0.29) is 0 Å². The molecule has 20 heavy (non-hydrogen) atoms. The van der Waals surface area contributed by atoms with Crippen molar-refractivity contribution in [2.75, 3.05) is 5.75 Å². The van der Waals surface area contributed by atoms with E-state index in [0.717, 1.165) is 5.92 Å². The van der Waals surface area contributed by atoms with Crippen LogP contribution in [0.2, 0.25) is 0 Å². The average molecular weight is 297 g/mol. The Bertz CT molecular complexity index is 319. The van der Waals surface area contributed by atoms with Crippen LogP contribution < -0.4 is 5.32 Å². The standard InChI is InChI=1S/C17H32N2S/c1-4-6-8-15(7-5-2)18-16-19-17(13-20-16)11-9-14(3)10-12-17/h14-15H,4-13H2,1-3H3,(H,18,19). The molecular weight excluding hydrogens is 264 g/mol. The van der Waals surface area contributed by atoms with Crippen molar-refractivity contribution in [3.63, 3.8) is 0 Å². The van der Waals surface area contributed by atoms with Crippen LogP contribution in [0.4, 0.5) is 0 Å². The molecule has 1 saturated heterocycles. The van der Waals surface area contributed by atoms with Crippen molar-refractivity contribution in [2.24, 2.45) is 10.9 Å². The molecule has 2 fully saturated rings. The minimum Gasteiger partial charge on any atom is -0.359 e. The van der Waals surface area contributed by atoms with Crippen molar-refractivity contribution in [2.45, 2.75) is 90.1 Å². The van der Waals surface area contributed by atoms with E-state index in [4.69, 9.17) is 4.99 Å². The van der Waals surface area contributed by atoms with Gasteiger partial charge in [-0.1, -0.05) is 51.8 Å². The fourth-order valence-corrected chi connectivity index (χ4v) is 4.66. The molecule has 1 spiro atoms. The van der Waals surface area contributed by atoms with Gasteiger partial charge in [0.05, 0.1) is 6.04 Å². The summed E-state index contributed by atoms with van der Waals surface area (Å²) in [7, 11) is 0. The molecule has 0 aromatic carbocycles. The van der Waals surface area contributed by atoms with Gasteiger partial charge >= 0.3 is 0 Å². The summed E-state index contributed by atoms with van der Waals surface area (Å²) in [6, 6.07) is 0.549. The fourth-order valence-electron chi connectivity index (χ4n) is 3.37. The summed E-state index contributed by atoms with van der Waals surface area (Å²) in [4.78, 5) is 5.04. The second kappa shape index (κ2) is 7.72. The summed E-state index contributed by atoms with van der Waals surface area (Å²) in [6.45, 7) is 6.95. The Morgan fingerprint density at radius 1 is 1.25 bits per heavy atom. The predicted molar refractivity (Wildman–Crippen MR) is 91.6 cm³/mol. The van der Waals surface area contributed by atoms with Crippen molar-refractivity contribution in [1.82, 2.24) is 5.32 Å². The van der Waals surface area contributed by atoms with Crippen molar-refractivity contribution < 1.29 is 0 Å². The Morgan fingerprint density at radius 2 is 2.00 bits per heavy atom. The molecule has 0 aromatic rings. The van der Waals surface area contributed by atoms with E-state index in [1.54, 1.807) is 0 Å². The Labute approximate surface area is 129 Å². The van der Waals surface area contributed by atoms with Crippen molar-refractivity contribution in [1.29, 1.82) is 0 Å². The molecule has 2 aliphatic rings. The molecule has 1 heterocycles. The van der Waals surface area contributed by atoms with Crippen LogP contribution in [-0.4, -0.2) is 22.5 Å². The summed E-state index contributed by atoms with van der Waals surface area (Å²) in [5, 5.41) is 5.05. The van der Waals surface area contributed by atoms with E-state index in [2.05, 4.69) is 26.1 Å². The topological polar surface area (TPSA) is 24.4 Å². The van der Waals surface area contributed by atoms with E-state index in [1.165, 1.54) is 68.7 Å². The summed E-state index contributed by atoms with van der Waals surface area (Å²) in [6.07, 6.45) is 11.8. The third-order valence-corrected chi connectivity index (χ3v) is 6.08. The second-order valence-electron chi connectivity index (χ2n) is 6.90. The van der Waals surface area contributed by atoms with Gasteiger partial charge in [0.15, 0.2) is 5.17 Å². The van der Waals surface area contributed by atoms with Gasteiger partial charge in [-0.25, -0.2) is 0 Å². The summed E-state index contributed by atoms with van der Waals surface area (Å²) >= 11 is 1.98. The molecule has 1 saturated carbocycles. The monoisotopic (exact) mass is 296 g/mol. The maximum Gasteiger partial charge on any atom is 0.157 e. The van der Waals surface area contributed by atoms with Gasteiger partial charge in [0.25, 0.3) is 0 Å². The lowest BCUT2D eigenvalue weighted by Crippen LogP contribution is -2.46. The molecule has 2 nitrogen and oxygen atoms in total. The van der Waals surface area contributed by atoms with Gasteiger partial charge in [-0.2, -0.15) is 0 Å². The van der Waals surface area contributed by atoms with Gasteiger partial charge in [-0.3, -0.25) is 4.99 Å². The summed E-state index contributed by atoms with van der Waals surface area (Å²) in [5.41, 5.74) is 0.386. The molecule has 1 atom stereocenters.